The second kappa shape index (κ2) is 5.37. The molecule has 1 aromatic rings. The first-order valence-electron chi connectivity index (χ1n) is 5.97. The number of hydrogen-bond donors (Lipinski definition) is 1. The quantitative estimate of drug-likeness (QED) is 0.782. The van der Waals surface area contributed by atoms with Gasteiger partial charge in [-0.3, -0.25) is 9.97 Å². The Morgan fingerprint density at radius 1 is 1.50 bits per heavy atom. The van der Waals surface area contributed by atoms with E-state index in [1.54, 1.807) is 12.4 Å². The molecule has 0 saturated heterocycles. The summed E-state index contributed by atoms with van der Waals surface area (Å²) in [5, 5.41) is 3.47. The zero-order chi connectivity index (χ0) is 11.4. The van der Waals surface area contributed by atoms with Crippen LogP contribution in [0.3, 0.4) is 0 Å². The van der Waals surface area contributed by atoms with Crippen molar-refractivity contribution in [1.82, 2.24) is 20.2 Å². The molecule has 1 saturated carbocycles. The highest BCUT2D eigenvalue weighted by molar-refractivity contribution is 5.00. The highest BCUT2D eigenvalue weighted by Crippen LogP contribution is 2.24. The van der Waals surface area contributed by atoms with E-state index in [0.717, 1.165) is 24.8 Å². The molecule has 2 rings (SSSR count). The summed E-state index contributed by atoms with van der Waals surface area (Å²) in [5.74, 6) is 0. The van der Waals surface area contributed by atoms with Crippen molar-refractivity contribution in [2.24, 2.45) is 0 Å². The maximum Gasteiger partial charge on any atom is 0.0753 e. The van der Waals surface area contributed by atoms with Crippen LogP contribution in [0.15, 0.2) is 18.6 Å². The SMILES string of the molecule is CC(NCCN(C)C1CC1)c1cnccn1. The Bertz CT molecular complexity index is 310. The second-order valence-corrected chi connectivity index (χ2v) is 4.52. The van der Waals surface area contributed by atoms with E-state index >= 15 is 0 Å². The number of hydrogen-bond acceptors (Lipinski definition) is 4. The Labute approximate surface area is 97.1 Å². The van der Waals surface area contributed by atoms with E-state index in [1.807, 2.05) is 6.20 Å². The van der Waals surface area contributed by atoms with Gasteiger partial charge in [-0.25, -0.2) is 0 Å². The zero-order valence-corrected chi connectivity index (χ0v) is 10.1. The van der Waals surface area contributed by atoms with Gasteiger partial charge in [-0.2, -0.15) is 0 Å². The monoisotopic (exact) mass is 220 g/mol. The first-order chi connectivity index (χ1) is 7.77. The molecule has 0 spiro atoms. The molecular formula is C12H20N4. The minimum absolute atomic E-state index is 0.279. The third kappa shape index (κ3) is 3.25. The molecule has 0 radical (unpaired) electrons. The third-order valence-electron chi connectivity index (χ3n) is 3.11. The molecule has 1 heterocycles. The van der Waals surface area contributed by atoms with Crippen LogP contribution in [0.4, 0.5) is 0 Å². The summed E-state index contributed by atoms with van der Waals surface area (Å²) in [6.45, 7) is 4.24. The molecule has 0 aliphatic heterocycles. The molecule has 1 aliphatic rings. The summed E-state index contributed by atoms with van der Waals surface area (Å²) in [4.78, 5) is 10.8. The summed E-state index contributed by atoms with van der Waals surface area (Å²) in [5.41, 5.74) is 1.01. The number of aromatic nitrogens is 2. The minimum atomic E-state index is 0.279. The summed E-state index contributed by atoms with van der Waals surface area (Å²) >= 11 is 0. The smallest absolute Gasteiger partial charge is 0.0753 e. The van der Waals surface area contributed by atoms with Gasteiger partial charge in [-0.1, -0.05) is 0 Å². The fourth-order valence-corrected chi connectivity index (χ4v) is 1.79. The van der Waals surface area contributed by atoms with Crippen LogP contribution in [0.2, 0.25) is 0 Å². The van der Waals surface area contributed by atoms with E-state index in [9.17, 15) is 0 Å². The zero-order valence-electron chi connectivity index (χ0n) is 10.1. The molecule has 1 unspecified atom stereocenters. The molecular weight excluding hydrogens is 200 g/mol. The Kier molecular flexibility index (Phi) is 3.85. The minimum Gasteiger partial charge on any atom is -0.308 e. The molecule has 16 heavy (non-hydrogen) atoms. The summed E-state index contributed by atoms with van der Waals surface area (Å²) < 4.78 is 0. The first-order valence-corrected chi connectivity index (χ1v) is 5.97. The largest absolute Gasteiger partial charge is 0.308 e. The maximum absolute atomic E-state index is 4.29. The molecule has 4 heteroatoms. The van der Waals surface area contributed by atoms with Crippen molar-refractivity contribution < 1.29 is 0 Å². The van der Waals surface area contributed by atoms with E-state index in [-0.39, 0.29) is 6.04 Å². The average Bonchev–Trinajstić information content (AvgIpc) is 3.14. The van der Waals surface area contributed by atoms with Gasteiger partial charge in [0, 0.05) is 43.8 Å². The predicted molar refractivity (Wildman–Crippen MR) is 64.1 cm³/mol. The lowest BCUT2D eigenvalue weighted by molar-refractivity contribution is 0.316. The van der Waals surface area contributed by atoms with Crippen LogP contribution in [0.5, 0.6) is 0 Å². The van der Waals surface area contributed by atoms with Gasteiger partial charge >= 0.3 is 0 Å². The molecule has 88 valence electrons. The molecule has 4 nitrogen and oxygen atoms in total. The van der Waals surface area contributed by atoms with E-state index in [1.165, 1.54) is 12.8 Å². The molecule has 1 aromatic heterocycles. The van der Waals surface area contributed by atoms with Gasteiger partial charge in [-0.05, 0) is 26.8 Å². The van der Waals surface area contributed by atoms with Gasteiger partial charge in [0.2, 0.25) is 0 Å². The van der Waals surface area contributed by atoms with Gasteiger partial charge in [-0.15, -0.1) is 0 Å². The van der Waals surface area contributed by atoms with E-state index < -0.39 is 0 Å². The van der Waals surface area contributed by atoms with Crippen LogP contribution in [0.25, 0.3) is 0 Å². The number of likely N-dealkylation sites (N-methyl/N-ethyl adjacent to an activating group) is 1. The topological polar surface area (TPSA) is 41.0 Å². The fraction of sp³-hybridized carbons (Fsp3) is 0.667. The number of nitrogens with zero attached hydrogens (tertiary/aromatic N) is 3. The van der Waals surface area contributed by atoms with Crippen LogP contribution in [-0.2, 0) is 0 Å². The lowest BCUT2D eigenvalue weighted by atomic mass is 10.2. The highest BCUT2D eigenvalue weighted by Gasteiger charge is 2.25. The predicted octanol–water partition coefficient (Wildman–Crippen LogP) is 1.22. The lowest BCUT2D eigenvalue weighted by Crippen LogP contribution is -2.32. The van der Waals surface area contributed by atoms with Gasteiger partial charge in [0.1, 0.15) is 0 Å². The summed E-state index contributed by atoms with van der Waals surface area (Å²) in [7, 11) is 2.20. The molecule has 1 aliphatic carbocycles. The van der Waals surface area contributed by atoms with Gasteiger partial charge < -0.3 is 10.2 Å². The van der Waals surface area contributed by atoms with Crippen LogP contribution < -0.4 is 5.32 Å². The van der Waals surface area contributed by atoms with Gasteiger partial charge in [0.25, 0.3) is 0 Å². The van der Waals surface area contributed by atoms with Crippen LogP contribution in [0, 0.1) is 0 Å². The first kappa shape index (κ1) is 11.5. The summed E-state index contributed by atoms with van der Waals surface area (Å²) in [6.07, 6.45) is 8.01. The summed E-state index contributed by atoms with van der Waals surface area (Å²) in [6, 6.07) is 1.12. The van der Waals surface area contributed by atoms with Crippen LogP contribution in [-0.4, -0.2) is 41.0 Å². The van der Waals surface area contributed by atoms with Crippen LogP contribution >= 0.6 is 0 Å². The van der Waals surface area contributed by atoms with Crippen molar-refractivity contribution in [2.75, 3.05) is 20.1 Å². The standard InChI is InChI=1S/C12H20N4/c1-10(12-9-13-5-6-15-12)14-7-8-16(2)11-3-4-11/h5-6,9-11,14H,3-4,7-8H2,1-2H3. The average molecular weight is 220 g/mol. The highest BCUT2D eigenvalue weighted by atomic mass is 15.2. The molecule has 1 fully saturated rings. The van der Waals surface area contributed by atoms with E-state index in [2.05, 4.69) is 34.2 Å². The molecule has 0 bridgehead atoms. The molecule has 0 amide bonds. The number of nitrogens with one attached hydrogen (secondary N) is 1. The van der Waals surface area contributed by atoms with Crippen LogP contribution in [0.1, 0.15) is 31.5 Å². The molecule has 1 atom stereocenters. The lowest BCUT2D eigenvalue weighted by Gasteiger charge is -2.18. The van der Waals surface area contributed by atoms with Gasteiger partial charge in [0.05, 0.1) is 5.69 Å². The Morgan fingerprint density at radius 2 is 2.31 bits per heavy atom. The molecule has 1 N–H and O–H groups in total. The Morgan fingerprint density at radius 3 is 2.94 bits per heavy atom. The van der Waals surface area contributed by atoms with Crippen molar-refractivity contribution >= 4 is 0 Å². The van der Waals surface area contributed by atoms with E-state index in [4.69, 9.17) is 0 Å². The van der Waals surface area contributed by atoms with Crippen molar-refractivity contribution in [3.05, 3.63) is 24.3 Å². The third-order valence-corrected chi connectivity index (χ3v) is 3.11. The Hall–Kier alpha value is -1.00. The Balaban J connectivity index is 1.69. The number of rotatable bonds is 6. The van der Waals surface area contributed by atoms with E-state index in [0.29, 0.717) is 0 Å². The maximum atomic E-state index is 4.29. The normalized spacial score (nSPS) is 17.7. The van der Waals surface area contributed by atoms with Crippen molar-refractivity contribution in [2.45, 2.75) is 31.8 Å². The second-order valence-electron chi connectivity index (χ2n) is 4.52. The van der Waals surface area contributed by atoms with Gasteiger partial charge in [0.15, 0.2) is 0 Å². The molecule has 0 aromatic carbocycles. The van der Waals surface area contributed by atoms with Crippen molar-refractivity contribution in [3.8, 4) is 0 Å². The fourth-order valence-electron chi connectivity index (χ4n) is 1.79. The van der Waals surface area contributed by atoms with Crippen molar-refractivity contribution in [1.29, 1.82) is 0 Å². The van der Waals surface area contributed by atoms with Crippen molar-refractivity contribution in [3.63, 3.8) is 0 Å².